The molecular formula is C15H20N2O4. The monoisotopic (exact) mass is 292 g/mol. The standard InChI is InChI=1S/C15H20N2O4/c1-19-11-7-12(16-9-11)15(18)17-8-10-2-3-13-14(6-10)21-5-4-20-13/h2-3,6,11-12,16H,4-5,7-9H2,1H3,(H,17,18). The Morgan fingerprint density at radius 1 is 1.38 bits per heavy atom. The highest BCUT2D eigenvalue weighted by atomic mass is 16.6. The number of hydrogen-bond acceptors (Lipinski definition) is 5. The Morgan fingerprint density at radius 2 is 2.19 bits per heavy atom. The lowest BCUT2D eigenvalue weighted by molar-refractivity contribution is -0.123. The summed E-state index contributed by atoms with van der Waals surface area (Å²) in [5, 5.41) is 6.10. The molecule has 6 heteroatoms. The Hall–Kier alpha value is -1.79. The van der Waals surface area contributed by atoms with Crippen LogP contribution in [0.4, 0.5) is 0 Å². The summed E-state index contributed by atoms with van der Waals surface area (Å²) >= 11 is 0. The number of carbonyl (C=O) groups is 1. The van der Waals surface area contributed by atoms with Crippen molar-refractivity contribution in [2.45, 2.75) is 25.1 Å². The van der Waals surface area contributed by atoms with Gasteiger partial charge >= 0.3 is 0 Å². The quantitative estimate of drug-likeness (QED) is 0.843. The normalized spacial score (nSPS) is 23.9. The van der Waals surface area contributed by atoms with Gasteiger partial charge in [0, 0.05) is 20.2 Å². The van der Waals surface area contributed by atoms with Crippen LogP contribution in [0.2, 0.25) is 0 Å². The summed E-state index contributed by atoms with van der Waals surface area (Å²) in [6.07, 6.45) is 0.832. The number of ether oxygens (including phenoxy) is 3. The largest absolute Gasteiger partial charge is 0.486 e. The maximum absolute atomic E-state index is 12.1. The van der Waals surface area contributed by atoms with Gasteiger partial charge in [-0.3, -0.25) is 4.79 Å². The van der Waals surface area contributed by atoms with Gasteiger partial charge in [-0.15, -0.1) is 0 Å². The lowest BCUT2D eigenvalue weighted by atomic mass is 10.1. The number of carbonyl (C=O) groups excluding carboxylic acids is 1. The summed E-state index contributed by atoms with van der Waals surface area (Å²) in [4.78, 5) is 12.1. The van der Waals surface area contributed by atoms with Crippen molar-refractivity contribution in [1.29, 1.82) is 0 Å². The molecule has 1 saturated heterocycles. The van der Waals surface area contributed by atoms with Crippen LogP contribution in [0.15, 0.2) is 18.2 Å². The summed E-state index contributed by atoms with van der Waals surface area (Å²) in [6, 6.07) is 5.56. The summed E-state index contributed by atoms with van der Waals surface area (Å²) in [6.45, 7) is 2.34. The van der Waals surface area contributed by atoms with Gasteiger partial charge in [-0.05, 0) is 24.1 Å². The van der Waals surface area contributed by atoms with E-state index in [1.807, 2.05) is 18.2 Å². The van der Waals surface area contributed by atoms with Crippen molar-refractivity contribution < 1.29 is 19.0 Å². The first-order valence-corrected chi connectivity index (χ1v) is 7.18. The molecule has 3 rings (SSSR count). The van der Waals surface area contributed by atoms with Gasteiger partial charge < -0.3 is 24.8 Å². The highest BCUT2D eigenvalue weighted by Gasteiger charge is 2.29. The highest BCUT2D eigenvalue weighted by molar-refractivity contribution is 5.82. The molecule has 0 aromatic heterocycles. The molecule has 1 amide bonds. The van der Waals surface area contributed by atoms with Crippen LogP contribution < -0.4 is 20.1 Å². The van der Waals surface area contributed by atoms with Crippen molar-refractivity contribution in [3.05, 3.63) is 23.8 Å². The molecule has 2 unspecified atom stereocenters. The number of methoxy groups -OCH3 is 1. The van der Waals surface area contributed by atoms with Crippen LogP contribution >= 0.6 is 0 Å². The van der Waals surface area contributed by atoms with Crippen LogP contribution in [0.1, 0.15) is 12.0 Å². The molecule has 0 bridgehead atoms. The maximum Gasteiger partial charge on any atom is 0.237 e. The number of rotatable bonds is 4. The Labute approximate surface area is 123 Å². The van der Waals surface area contributed by atoms with Crippen LogP contribution in [0, 0.1) is 0 Å². The fourth-order valence-electron chi connectivity index (χ4n) is 2.59. The zero-order valence-electron chi connectivity index (χ0n) is 12.1. The van der Waals surface area contributed by atoms with E-state index in [0.717, 1.165) is 23.6 Å². The molecule has 114 valence electrons. The molecule has 2 atom stereocenters. The second-order valence-electron chi connectivity index (χ2n) is 5.25. The predicted molar refractivity (Wildman–Crippen MR) is 76.5 cm³/mol. The van der Waals surface area contributed by atoms with E-state index in [2.05, 4.69) is 10.6 Å². The Morgan fingerprint density at radius 3 is 2.95 bits per heavy atom. The molecule has 1 fully saturated rings. The van der Waals surface area contributed by atoms with Gasteiger partial charge in [0.1, 0.15) is 13.2 Å². The van der Waals surface area contributed by atoms with Crippen LogP contribution in [-0.2, 0) is 16.1 Å². The van der Waals surface area contributed by atoms with Crippen molar-refractivity contribution >= 4 is 5.91 Å². The van der Waals surface area contributed by atoms with Crippen molar-refractivity contribution in [1.82, 2.24) is 10.6 Å². The van der Waals surface area contributed by atoms with Gasteiger partial charge in [-0.1, -0.05) is 6.07 Å². The van der Waals surface area contributed by atoms with Gasteiger partial charge in [-0.25, -0.2) is 0 Å². The molecular weight excluding hydrogens is 272 g/mol. The van der Waals surface area contributed by atoms with Crippen LogP contribution in [0.5, 0.6) is 11.5 Å². The first kappa shape index (κ1) is 14.2. The number of benzene rings is 1. The number of hydrogen-bond donors (Lipinski definition) is 2. The van der Waals surface area contributed by atoms with E-state index >= 15 is 0 Å². The second kappa shape index (κ2) is 6.32. The van der Waals surface area contributed by atoms with E-state index < -0.39 is 0 Å². The zero-order chi connectivity index (χ0) is 14.7. The molecule has 0 spiro atoms. The third-order valence-corrected chi connectivity index (χ3v) is 3.81. The molecule has 1 aromatic rings. The fraction of sp³-hybridized carbons (Fsp3) is 0.533. The van der Waals surface area contributed by atoms with E-state index in [1.165, 1.54) is 0 Å². The third-order valence-electron chi connectivity index (χ3n) is 3.81. The summed E-state index contributed by atoms with van der Waals surface area (Å²) in [5.74, 6) is 1.51. The molecule has 0 aliphatic carbocycles. The zero-order valence-corrected chi connectivity index (χ0v) is 12.1. The third kappa shape index (κ3) is 3.28. The minimum atomic E-state index is -0.174. The SMILES string of the molecule is COC1CNC(C(=O)NCc2ccc3c(c2)OCCO3)C1. The van der Waals surface area contributed by atoms with Crippen molar-refractivity contribution in [3.8, 4) is 11.5 Å². The van der Waals surface area contributed by atoms with Gasteiger partial charge in [-0.2, -0.15) is 0 Å². The van der Waals surface area contributed by atoms with Crippen molar-refractivity contribution in [3.63, 3.8) is 0 Å². The number of fused-ring (bicyclic) bond motifs is 1. The predicted octanol–water partition coefficient (Wildman–Crippen LogP) is 0.451. The molecule has 0 saturated carbocycles. The Balaban J connectivity index is 1.54. The molecule has 21 heavy (non-hydrogen) atoms. The molecule has 2 heterocycles. The Kier molecular flexibility index (Phi) is 4.26. The van der Waals surface area contributed by atoms with Gasteiger partial charge in [0.2, 0.25) is 5.91 Å². The average molecular weight is 292 g/mol. The smallest absolute Gasteiger partial charge is 0.237 e. The molecule has 2 aliphatic heterocycles. The van der Waals surface area contributed by atoms with Crippen LogP contribution in [-0.4, -0.2) is 44.9 Å². The second-order valence-corrected chi connectivity index (χ2v) is 5.25. The first-order valence-electron chi connectivity index (χ1n) is 7.18. The Bertz CT molecular complexity index is 520. The van der Waals surface area contributed by atoms with Crippen LogP contribution in [0.25, 0.3) is 0 Å². The minimum absolute atomic E-state index is 0.00411. The van der Waals surface area contributed by atoms with E-state index in [1.54, 1.807) is 7.11 Å². The highest BCUT2D eigenvalue weighted by Crippen LogP contribution is 2.30. The first-order chi connectivity index (χ1) is 10.3. The van der Waals surface area contributed by atoms with Gasteiger partial charge in [0.05, 0.1) is 12.1 Å². The van der Waals surface area contributed by atoms with Gasteiger partial charge in [0.15, 0.2) is 11.5 Å². The minimum Gasteiger partial charge on any atom is -0.486 e. The number of nitrogens with one attached hydrogen (secondary N) is 2. The molecule has 6 nitrogen and oxygen atoms in total. The van der Waals surface area contributed by atoms with Gasteiger partial charge in [0.25, 0.3) is 0 Å². The van der Waals surface area contributed by atoms with E-state index in [-0.39, 0.29) is 18.1 Å². The summed E-state index contributed by atoms with van der Waals surface area (Å²) in [7, 11) is 1.67. The van der Waals surface area contributed by atoms with Crippen molar-refractivity contribution in [2.75, 3.05) is 26.9 Å². The summed E-state index contributed by atoms with van der Waals surface area (Å²) < 4.78 is 16.2. The van der Waals surface area contributed by atoms with E-state index in [0.29, 0.717) is 26.2 Å². The lowest BCUT2D eigenvalue weighted by Gasteiger charge is -2.19. The van der Waals surface area contributed by atoms with Crippen LogP contribution in [0.3, 0.4) is 0 Å². The summed E-state index contributed by atoms with van der Waals surface area (Å²) in [5.41, 5.74) is 0.994. The number of amides is 1. The topological polar surface area (TPSA) is 68.8 Å². The molecule has 0 radical (unpaired) electrons. The lowest BCUT2D eigenvalue weighted by Crippen LogP contribution is -2.40. The van der Waals surface area contributed by atoms with Crippen molar-refractivity contribution in [2.24, 2.45) is 0 Å². The fourth-order valence-corrected chi connectivity index (χ4v) is 2.59. The average Bonchev–Trinajstić information content (AvgIpc) is 3.01. The molecule has 2 aliphatic rings. The van der Waals surface area contributed by atoms with E-state index in [9.17, 15) is 4.79 Å². The maximum atomic E-state index is 12.1. The molecule has 1 aromatic carbocycles. The molecule has 2 N–H and O–H groups in total. The van der Waals surface area contributed by atoms with E-state index in [4.69, 9.17) is 14.2 Å².